The third-order valence-corrected chi connectivity index (χ3v) is 3.91. The number of amides is 3. The Kier molecular flexibility index (Phi) is 8.59. The smallest absolute Gasteiger partial charge is 0.324 e. The summed E-state index contributed by atoms with van der Waals surface area (Å²) in [4.78, 5) is 30.6. The summed E-state index contributed by atoms with van der Waals surface area (Å²) in [5.74, 6) is 1.16. The fourth-order valence-electron chi connectivity index (χ4n) is 2.74. The molecule has 2 saturated heterocycles. The van der Waals surface area contributed by atoms with Crippen molar-refractivity contribution in [2.75, 3.05) is 53.0 Å². The molecule has 0 bridgehead atoms. The van der Waals surface area contributed by atoms with Gasteiger partial charge in [-0.1, -0.05) is 0 Å². The van der Waals surface area contributed by atoms with E-state index in [4.69, 9.17) is 4.74 Å². The van der Waals surface area contributed by atoms with Gasteiger partial charge in [-0.15, -0.1) is 24.0 Å². The molecule has 2 rings (SSSR count). The lowest BCUT2D eigenvalue weighted by atomic mass is 10.1. The average molecular weight is 439 g/mol. The Hall–Kier alpha value is -1.10. The molecule has 0 aliphatic carbocycles. The second-order valence-corrected chi connectivity index (χ2v) is 5.44. The van der Waals surface area contributed by atoms with Crippen LogP contribution in [-0.4, -0.2) is 80.7 Å². The average Bonchev–Trinajstić information content (AvgIpc) is 3.10. The number of imide groups is 1. The van der Waals surface area contributed by atoms with Gasteiger partial charge in [-0.05, 0) is 13.3 Å². The maximum Gasteiger partial charge on any atom is 0.324 e. The molecule has 132 valence electrons. The predicted molar refractivity (Wildman–Crippen MR) is 98.1 cm³/mol. The highest BCUT2D eigenvalue weighted by Crippen LogP contribution is 2.16. The molecule has 2 fully saturated rings. The molecule has 2 N–H and O–H groups in total. The van der Waals surface area contributed by atoms with Gasteiger partial charge in [0.2, 0.25) is 5.91 Å². The number of rotatable bonds is 6. The van der Waals surface area contributed by atoms with E-state index >= 15 is 0 Å². The lowest BCUT2D eigenvalue weighted by molar-refractivity contribution is -0.124. The summed E-state index contributed by atoms with van der Waals surface area (Å²) in [6, 6.07) is -0.320. The van der Waals surface area contributed by atoms with Gasteiger partial charge < -0.3 is 20.3 Å². The van der Waals surface area contributed by atoms with Crippen LogP contribution in [0.25, 0.3) is 0 Å². The number of hydrogen-bond donors (Lipinski definition) is 2. The molecule has 0 aromatic carbocycles. The van der Waals surface area contributed by atoms with E-state index in [1.165, 1.54) is 4.90 Å². The summed E-state index contributed by atoms with van der Waals surface area (Å²) in [5.41, 5.74) is 0. The van der Waals surface area contributed by atoms with Gasteiger partial charge in [0.15, 0.2) is 5.96 Å². The van der Waals surface area contributed by atoms with Gasteiger partial charge in [0, 0.05) is 45.8 Å². The molecule has 0 spiro atoms. The van der Waals surface area contributed by atoms with Gasteiger partial charge in [-0.25, -0.2) is 4.79 Å². The zero-order valence-electron chi connectivity index (χ0n) is 13.7. The fourth-order valence-corrected chi connectivity index (χ4v) is 2.74. The summed E-state index contributed by atoms with van der Waals surface area (Å²) < 4.78 is 5.48. The summed E-state index contributed by atoms with van der Waals surface area (Å²) in [7, 11) is 1.74. The first-order valence-electron chi connectivity index (χ1n) is 7.77. The van der Waals surface area contributed by atoms with Crippen molar-refractivity contribution in [1.82, 2.24) is 20.4 Å². The van der Waals surface area contributed by atoms with Crippen LogP contribution in [-0.2, 0) is 9.53 Å². The minimum Gasteiger partial charge on any atom is -0.381 e. The maximum absolute atomic E-state index is 11.5. The summed E-state index contributed by atoms with van der Waals surface area (Å²) >= 11 is 0. The van der Waals surface area contributed by atoms with E-state index in [0.29, 0.717) is 19.0 Å². The number of carbonyl (C=O) groups excluding carboxylic acids is 2. The monoisotopic (exact) mass is 439 g/mol. The van der Waals surface area contributed by atoms with Crippen molar-refractivity contribution in [1.29, 1.82) is 0 Å². The van der Waals surface area contributed by atoms with Crippen molar-refractivity contribution in [3.63, 3.8) is 0 Å². The van der Waals surface area contributed by atoms with E-state index in [2.05, 4.69) is 20.5 Å². The molecule has 2 aliphatic heterocycles. The molecule has 0 aromatic rings. The lowest BCUT2D eigenvalue weighted by Gasteiger charge is -2.22. The van der Waals surface area contributed by atoms with Crippen molar-refractivity contribution in [3.05, 3.63) is 0 Å². The van der Waals surface area contributed by atoms with Crippen LogP contribution < -0.4 is 10.6 Å². The Labute approximate surface area is 154 Å². The number of guanidine groups is 1. The topological polar surface area (TPSA) is 86.3 Å². The van der Waals surface area contributed by atoms with Crippen LogP contribution >= 0.6 is 24.0 Å². The van der Waals surface area contributed by atoms with Crippen molar-refractivity contribution in [2.24, 2.45) is 10.9 Å². The van der Waals surface area contributed by atoms with Crippen molar-refractivity contribution < 1.29 is 14.3 Å². The Morgan fingerprint density at radius 2 is 2.26 bits per heavy atom. The second kappa shape index (κ2) is 9.91. The highest BCUT2D eigenvalue weighted by molar-refractivity contribution is 14.0. The standard InChI is InChI=1S/C14H25N5O3.HI/c1-3-22-10-11-4-6-18(9-11)13(15-2)16-5-7-19-12(20)8-17-14(19)21;/h11H,3-10H2,1-2H3,(H,15,16)(H,17,21);1H. The predicted octanol–water partition coefficient (Wildman–Crippen LogP) is 0.0900. The third kappa shape index (κ3) is 5.48. The van der Waals surface area contributed by atoms with Crippen LogP contribution in [0.15, 0.2) is 4.99 Å². The molecule has 23 heavy (non-hydrogen) atoms. The number of hydrogen-bond acceptors (Lipinski definition) is 4. The van der Waals surface area contributed by atoms with E-state index in [1.807, 2.05) is 6.92 Å². The van der Waals surface area contributed by atoms with Crippen LogP contribution in [0.2, 0.25) is 0 Å². The summed E-state index contributed by atoms with van der Waals surface area (Å²) in [6.07, 6.45) is 1.09. The minimum atomic E-state index is -0.320. The number of urea groups is 1. The Morgan fingerprint density at radius 1 is 1.48 bits per heavy atom. The first-order valence-corrected chi connectivity index (χ1v) is 7.77. The quantitative estimate of drug-likeness (QED) is 0.265. The molecule has 0 aromatic heterocycles. The summed E-state index contributed by atoms with van der Waals surface area (Å²) in [5, 5.41) is 5.72. The van der Waals surface area contributed by atoms with Gasteiger partial charge in [0.25, 0.3) is 0 Å². The number of ether oxygens (including phenoxy) is 1. The van der Waals surface area contributed by atoms with Crippen LogP contribution in [0.4, 0.5) is 4.79 Å². The SMILES string of the molecule is CCOCC1CCN(C(=NC)NCCN2C(=O)CNC2=O)C1.I. The normalized spacial score (nSPS) is 21.5. The molecule has 2 heterocycles. The maximum atomic E-state index is 11.5. The van der Waals surface area contributed by atoms with Gasteiger partial charge >= 0.3 is 6.03 Å². The highest BCUT2D eigenvalue weighted by atomic mass is 127. The van der Waals surface area contributed by atoms with E-state index in [9.17, 15) is 9.59 Å². The first-order chi connectivity index (χ1) is 10.7. The minimum absolute atomic E-state index is 0. The van der Waals surface area contributed by atoms with Crippen LogP contribution in [0.3, 0.4) is 0 Å². The molecular weight excluding hydrogens is 413 g/mol. The van der Waals surface area contributed by atoms with E-state index in [0.717, 1.165) is 38.7 Å². The fraction of sp³-hybridized carbons (Fsp3) is 0.786. The van der Waals surface area contributed by atoms with Crippen molar-refractivity contribution >= 4 is 41.9 Å². The number of carbonyl (C=O) groups is 2. The third-order valence-electron chi connectivity index (χ3n) is 3.91. The van der Waals surface area contributed by atoms with Crippen molar-refractivity contribution in [2.45, 2.75) is 13.3 Å². The van der Waals surface area contributed by atoms with Crippen LogP contribution in [0, 0.1) is 5.92 Å². The van der Waals surface area contributed by atoms with Gasteiger partial charge in [-0.2, -0.15) is 0 Å². The van der Waals surface area contributed by atoms with Crippen LogP contribution in [0.5, 0.6) is 0 Å². The van der Waals surface area contributed by atoms with Gasteiger partial charge in [0.05, 0.1) is 13.2 Å². The first kappa shape index (κ1) is 19.9. The van der Waals surface area contributed by atoms with E-state index in [1.54, 1.807) is 7.05 Å². The molecule has 3 amide bonds. The van der Waals surface area contributed by atoms with Crippen molar-refractivity contribution in [3.8, 4) is 0 Å². The van der Waals surface area contributed by atoms with Crippen LogP contribution in [0.1, 0.15) is 13.3 Å². The molecule has 0 saturated carbocycles. The Balaban J connectivity index is 0.00000264. The largest absolute Gasteiger partial charge is 0.381 e. The van der Waals surface area contributed by atoms with E-state index < -0.39 is 0 Å². The number of aliphatic imine (C=N–C) groups is 1. The molecular formula is C14H26IN5O3. The van der Waals surface area contributed by atoms with E-state index in [-0.39, 0.29) is 42.5 Å². The number of halogens is 1. The lowest BCUT2D eigenvalue weighted by Crippen LogP contribution is -2.44. The Morgan fingerprint density at radius 3 is 2.87 bits per heavy atom. The number of likely N-dealkylation sites (tertiary alicyclic amines) is 1. The van der Waals surface area contributed by atoms with Gasteiger partial charge in [0.1, 0.15) is 0 Å². The molecule has 1 unspecified atom stereocenters. The number of nitrogens with one attached hydrogen (secondary N) is 2. The Bertz CT molecular complexity index is 430. The molecule has 0 radical (unpaired) electrons. The molecule has 9 heteroatoms. The number of nitrogens with zero attached hydrogens (tertiary/aromatic N) is 3. The zero-order chi connectivity index (χ0) is 15.9. The van der Waals surface area contributed by atoms with Gasteiger partial charge in [-0.3, -0.25) is 14.7 Å². The molecule has 8 nitrogen and oxygen atoms in total. The summed E-state index contributed by atoms with van der Waals surface area (Å²) in [6.45, 7) is 6.34. The second-order valence-electron chi connectivity index (χ2n) is 5.44. The highest BCUT2D eigenvalue weighted by Gasteiger charge is 2.28. The molecule has 1 atom stereocenters. The zero-order valence-corrected chi connectivity index (χ0v) is 16.0. The molecule has 2 aliphatic rings.